The van der Waals surface area contributed by atoms with E-state index in [1.807, 2.05) is 6.08 Å². The zero-order valence-electron chi connectivity index (χ0n) is 46.1. The summed E-state index contributed by atoms with van der Waals surface area (Å²) in [7, 11) is 0. The van der Waals surface area contributed by atoms with Crippen LogP contribution < -0.4 is 5.32 Å². The van der Waals surface area contributed by atoms with Gasteiger partial charge >= 0.3 is 0 Å². The first kappa shape index (κ1) is 67.6. The molecule has 2 aliphatic rings. The number of amides is 1. The Bertz CT molecular complexity index is 1320. The van der Waals surface area contributed by atoms with E-state index in [1.54, 1.807) is 6.08 Å². The number of ether oxygens (including phenoxy) is 4. The molecule has 0 bridgehead atoms. The number of nitrogens with one attached hydrogen (secondary N) is 1. The zero-order valence-corrected chi connectivity index (χ0v) is 46.1. The zero-order chi connectivity index (χ0) is 53.2. The Hall–Kier alpha value is -1.53. The van der Waals surface area contributed by atoms with E-state index >= 15 is 0 Å². The molecule has 0 aromatic rings. The fourth-order valence-electron chi connectivity index (χ4n) is 10.0. The van der Waals surface area contributed by atoms with Crippen molar-refractivity contribution < 1.29 is 64.6 Å². The second-order valence-corrected chi connectivity index (χ2v) is 21.5. The Morgan fingerprint density at radius 1 is 0.479 bits per heavy atom. The van der Waals surface area contributed by atoms with Crippen LogP contribution in [0.3, 0.4) is 0 Å². The number of rotatable bonds is 48. The third-order valence-electron chi connectivity index (χ3n) is 14.9. The average Bonchev–Trinajstić information content (AvgIpc) is 3.39. The Morgan fingerprint density at radius 3 is 1.34 bits per heavy atom. The molecule has 430 valence electrons. The molecule has 0 aromatic carbocycles. The number of aliphatic hydroxyl groups is 8. The molecule has 1 amide bonds. The predicted octanol–water partition coefficient (Wildman–Crippen LogP) is 10.1. The molecule has 73 heavy (non-hydrogen) atoms. The van der Waals surface area contributed by atoms with Gasteiger partial charge in [-0.2, -0.15) is 0 Å². The molecular weight excluding hydrogens is 931 g/mol. The predicted molar refractivity (Wildman–Crippen MR) is 291 cm³/mol. The Balaban J connectivity index is 1.69. The number of aliphatic hydroxyl groups excluding tert-OH is 8. The lowest BCUT2D eigenvalue weighted by atomic mass is 9.97. The van der Waals surface area contributed by atoms with E-state index in [4.69, 9.17) is 18.9 Å². The topological polar surface area (TPSA) is 228 Å². The van der Waals surface area contributed by atoms with E-state index < -0.39 is 86.8 Å². The van der Waals surface area contributed by atoms with Gasteiger partial charge in [-0.25, -0.2) is 0 Å². The summed E-state index contributed by atoms with van der Waals surface area (Å²) in [4.78, 5) is 13.2. The quantitative estimate of drug-likeness (QED) is 0.0204. The highest BCUT2D eigenvalue weighted by Crippen LogP contribution is 2.30. The van der Waals surface area contributed by atoms with Crippen LogP contribution in [-0.2, 0) is 23.7 Å². The molecule has 12 atom stereocenters. The number of carbonyl (C=O) groups is 1. The van der Waals surface area contributed by atoms with Gasteiger partial charge in [-0.3, -0.25) is 4.79 Å². The number of hydrogen-bond acceptors (Lipinski definition) is 13. The van der Waals surface area contributed by atoms with Crippen molar-refractivity contribution in [2.45, 2.75) is 325 Å². The summed E-state index contributed by atoms with van der Waals surface area (Å²) >= 11 is 0. The molecule has 2 saturated heterocycles. The van der Waals surface area contributed by atoms with Crippen LogP contribution in [0.1, 0.15) is 251 Å². The Labute approximate surface area is 443 Å². The van der Waals surface area contributed by atoms with E-state index in [0.29, 0.717) is 12.8 Å². The molecule has 2 fully saturated rings. The van der Waals surface area contributed by atoms with Crippen molar-refractivity contribution in [3.8, 4) is 0 Å². The molecule has 2 heterocycles. The van der Waals surface area contributed by atoms with Crippen molar-refractivity contribution in [2.75, 3.05) is 19.8 Å². The smallest absolute Gasteiger partial charge is 0.220 e. The number of carbonyl (C=O) groups excluding carboxylic acids is 1. The van der Waals surface area contributed by atoms with Gasteiger partial charge in [-0.1, -0.05) is 237 Å². The molecule has 0 radical (unpaired) electrons. The summed E-state index contributed by atoms with van der Waals surface area (Å²) in [5, 5.41) is 86.9. The second-order valence-electron chi connectivity index (χ2n) is 21.5. The maximum atomic E-state index is 13.2. The lowest BCUT2D eigenvalue weighted by Gasteiger charge is -2.46. The summed E-state index contributed by atoms with van der Waals surface area (Å²) in [6.45, 7) is 2.77. The number of unbranched alkanes of at least 4 members (excludes halogenated alkanes) is 33. The molecule has 14 nitrogen and oxygen atoms in total. The monoisotopic (exact) mass is 1040 g/mol. The van der Waals surface area contributed by atoms with Crippen LogP contribution in [0.5, 0.6) is 0 Å². The van der Waals surface area contributed by atoms with Crippen molar-refractivity contribution >= 4 is 5.91 Å². The molecule has 0 aliphatic carbocycles. The first-order valence-electron chi connectivity index (χ1n) is 30.1. The summed E-state index contributed by atoms with van der Waals surface area (Å²) < 4.78 is 22.7. The Kier molecular flexibility index (Phi) is 42.1. The molecule has 0 spiro atoms. The SMILES string of the molecule is CCCCCCCCCCCCCCCCCCCCCCCCC/C=C/CC/C=C/C(O)C(COC1OC(CO)C(OC2OC(CO)C(O)C(O)C2O)C(O)C1O)NC(=O)CCCCCCCCCCCC. The summed E-state index contributed by atoms with van der Waals surface area (Å²) in [6, 6.07) is -0.926. The van der Waals surface area contributed by atoms with Gasteiger partial charge < -0.3 is 65.1 Å². The first-order chi connectivity index (χ1) is 35.6. The van der Waals surface area contributed by atoms with Crippen molar-refractivity contribution in [1.82, 2.24) is 5.32 Å². The van der Waals surface area contributed by atoms with Gasteiger partial charge in [0.25, 0.3) is 0 Å². The lowest BCUT2D eigenvalue weighted by molar-refractivity contribution is -0.359. The van der Waals surface area contributed by atoms with Gasteiger partial charge in [0.2, 0.25) is 5.91 Å². The fourth-order valence-corrected chi connectivity index (χ4v) is 10.0. The standard InChI is InChI=1S/C59H111NO13/c1-3-5-7-9-11-13-15-16-17-18-19-20-21-22-23-24-25-26-27-28-29-30-31-32-33-34-36-38-40-42-48(63)47(60-51(64)43-41-39-37-35-14-12-10-8-6-4-2)46-70-58-56(69)54(67)57(50(45-62)72-58)73-59-55(68)53(66)52(65)49(44-61)71-59/h33-34,40,42,47-50,52-59,61-63,65-69H,3-32,35-39,41,43-46H2,1-2H3,(H,60,64)/b34-33+,42-40+. The van der Waals surface area contributed by atoms with Crippen molar-refractivity contribution in [3.05, 3.63) is 24.3 Å². The summed E-state index contributed by atoms with van der Waals surface area (Å²) in [6.07, 6.45) is 36.9. The van der Waals surface area contributed by atoms with Crippen LogP contribution >= 0.6 is 0 Å². The molecule has 2 aliphatic heterocycles. The number of allylic oxidation sites excluding steroid dienone is 3. The molecule has 14 heteroatoms. The van der Waals surface area contributed by atoms with Crippen LogP contribution in [0, 0.1) is 0 Å². The Morgan fingerprint density at radius 2 is 0.877 bits per heavy atom. The maximum Gasteiger partial charge on any atom is 0.220 e. The highest BCUT2D eigenvalue weighted by atomic mass is 16.7. The van der Waals surface area contributed by atoms with Crippen LogP contribution in [0.4, 0.5) is 0 Å². The maximum absolute atomic E-state index is 13.2. The fraction of sp³-hybridized carbons (Fsp3) is 0.915. The molecule has 0 aromatic heterocycles. The van der Waals surface area contributed by atoms with Crippen molar-refractivity contribution in [3.63, 3.8) is 0 Å². The molecule has 0 saturated carbocycles. The van der Waals surface area contributed by atoms with Crippen molar-refractivity contribution in [2.24, 2.45) is 0 Å². The van der Waals surface area contributed by atoms with Crippen molar-refractivity contribution in [1.29, 1.82) is 0 Å². The van der Waals surface area contributed by atoms with Crippen LogP contribution in [0.2, 0.25) is 0 Å². The molecular formula is C59H111NO13. The molecule has 2 rings (SSSR count). The van der Waals surface area contributed by atoms with Crippen LogP contribution in [-0.4, -0.2) is 140 Å². The molecule has 12 unspecified atom stereocenters. The van der Waals surface area contributed by atoms with Gasteiger partial charge in [-0.15, -0.1) is 0 Å². The number of hydrogen-bond donors (Lipinski definition) is 9. The summed E-state index contributed by atoms with van der Waals surface area (Å²) in [5.41, 5.74) is 0. The highest BCUT2D eigenvalue weighted by molar-refractivity contribution is 5.76. The lowest BCUT2D eigenvalue weighted by Crippen LogP contribution is -2.65. The average molecular weight is 1040 g/mol. The van der Waals surface area contributed by atoms with Gasteiger partial charge in [0.05, 0.1) is 32.0 Å². The van der Waals surface area contributed by atoms with E-state index in [2.05, 4.69) is 31.3 Å². The molecule has 9 N–H and O–H groups in total. The minimum absolute atomic E-state index is 0.250. The van der Waals surface area contributed by atoms with Gasteiger partial charge in [0, 0.05) is 6.42 Å². The second kappa shape index (κ2) is 45.5. The minimum atomic E-state index is -1.79. The van der Waals surface area contributed by atoms with Crippen LogP contribution in [0.15, 0.2) is 24.3 Å². The third-order valence-corrected chi connectivity index (χ3v) is 14.9. The van der Waals surface area contributed by atoms with E-state index in [9.17, 15) is 45.6 Å². The van der Waals surface area contributed by atoms with Crippen LogP contribution in [0.25, 0.3) is 0 Å². The third kappa shape index (κ3) is 31.5. The normalized spacial score (nSPS) is 25.5. The van der Waals surface area contributed by atoms with Gasteiger partial charge in [-0.05, 0) is 32.1 Å². The minimum Gasteiger partial charge on any atom is -0.394 e. The van der Waals surface area contributed by atoms with Gasteiger partial charge in [0.1, 0.15) is 48.8 Å². The first-order valence-corrected chi connectivity index (χ1v) is 30.1. The largest absolute Gasteiger partial charge is 0.394 e. The van der Waals surface area contributed by atoms with Gasteiger partial charge in [0.15, 0.2) is 12.6 Å². The van der Waals surface area contributed by atoms with E-state index in [-0.39, 0.29) is 18.9 Å². The highest BCUT2D eigenvalue weighted by Gasteiger charge is 2.51. The van der Waals surface area contributed by atoms with E-state index in [1.165, 1.54) is 186 Å². The van der Waals surface area contributed by atoms with E-state index in [0.717, 1.165) is 32.1 Å². The summed E-state index contributed by atoms with van der Waals surface area (Å²) in [5.74, 6) is -0.250.